The maximum absolute atomic E-state index is 13.7. The van der Waals surface area contributed by atoms with E-state index in [4.69, 9.17) is 0 Å². The first-order chi connectivity index (χ1) is 10.6. The van der Waals surface area contributed by atoms with Gasteiger partial charge in [0, 0.05) is 37.2 Å². The van der Waals surface area contributed by atoms with E-state index in [2.05, 4.69) is 5.32 Å². The van der Waals surface area contributed by atoms with Gasteiger partial charge in [0.2, 0.25) is 0 Å². The molecule has 6 heteroatoms. The number of carbonyl (C=O) groups excluding carboxylic acids is 1. The third-order valence-electron chi connectivity index (χ3n) is 4.53. The molecule has 1 saturated heterocycles. The number of hydrogen-bond donors (Lipinski definition) is 2. The molecule has 1 heterocycles. The number of rotatable bonds is 3. The number of likely N-dealkylation sites (tertiary alicyclic amines) is 1. The Morgan fingerprint density at radius 3 is 2.77 bits per heavy atom. The van der Waals surface area contributed by atoms with Crippen LogP contribution in [0, 0.1) is 17.6 Å². The van der Waals surface area contributed by atoms with Crippen molar-refractivity contribution in [3.63, 3.8) is 0 Å². The number of urea groups is 1. The monoisotopic (exact) mass is 310 g/mol. The number of aliphatic hydroxyl groups excluding tert-OH is 1. The van der Waals surface area contributed by atoms with Gasteiger partial charge in [0.15, 0.2) is 0 Å². The number of hydrogen-bond acceptors (Lipinski definition) is 2. The fraction of sp³-hybridized carbons (Fsp3) is 0.562. The van der Waals surface area contributed by atoms with Crippen LogP contribution in [0.15, 0.2) is 18.2 Å². The molecule has 0 aromatic heterocycles. The summed E-state index contributed by atoms with van der Waals surface area (Å²) in [6.45, 7) is 1.28. The second-order valence-electron chi connectivity index (χ2n) is 6.17. The van der Waals surface area contributed by atoms with Crippen LogP contribution < -0.4 is 5.32 Å². The standard InChI is InChI=1S/C16H20F2N2O2/c17-12-4-1-5-13(18)15(12)11-7-14(11)19-16(22)20-6-2-3-10(8-20)9-21/h1,4-5,10-11,14,21H,2-3,6-9H2,(H,19,22). The molecule has 3 unspecified atom stereocenters. The van der Waals surface area contributed by atoms with E-state index in [1.165, 1.54) is 18.2 Å². The molecule has 120 valence electrons. The van der Waals surface area contributed by atoms with Crippen LogP contribution in [0.1, 0.15) is 30.7 Å². The van der Waals surface area contributed by atoms with Gasteiger partial charge in [-0.05, 0) is 37.3 Å². The summed E-state index contributed by atoms with van der Waals surface area (Å²) in [5.74, 6) is -1.28. The highest BCUT2D eigenvalue weighted by molar-refractivity contribution is 5.75. The Bertz CT molecular complexity index is 547. The average Bonchev–Trinajstić information content (AvgIpc) is 3.26. The number of nitrogens with zero attached hydrogens (tertiary/aromatic N) is 1. The van der Waals surface area contributed by atoms with Gasteiger partial charge in [-0.2, -0.15) is 0 Å². The van der Waals surface area contributed by atoms with Crippen LogP contribution in [0.3, 0.4) is 0 Å². The Morgan fingerprint density at radius 1 is 1.36 bits per heavy atom. The summed E-state index contributed by atoms with van der Waals surface area (Å²) >= 11 is 0. The van der Waals surface area contributed by atoms with Crippen molar-refractivity contribution in [2.45, 2.75) is 31.2 Å². The highest BCUT2D eigenvalue weighted by Gasteiger charge is 2.43. The van der Waals surface area contributed by atoms with Crippen molar-refractivity contribution in [2.24, 2.45) is 5.92 Å². The molecule has 1 saturated carbocycles. The zero-order valence-electron chi connectivity index (χ0n) is 12.3. The highest BCUT2D eigenvalue weighted by atomic mass is 19.1. The number of nitrogens with one attached hydrogen (secondary N) is 1. The minimum atomic E-state index is -0.555. The first-order valence-corrected chi connectivity index (χ1v) is 7.70. The largest absolute Gasteiger partial charge is 0.396 e. The maximum atomic E-state index is 13.7. The molecule has 0 bridgehead atoms. The van der Waals surface area contributed by atoms with Crippen LogP contribution >= 0.6 is 0 Å². The van der Waals surface area contributed by atoms with Gasteiger partial charge >= 0.3 is 6.03 Å². The van der Waals surface area contributed by atoms with Crippen LogP contribution in [0.25, 0.3) is 0 Å². The molecule has 1 aliphatic heterocycles. The lowest BCUT2D eigenvalue weighted by atomic mass is 9.99. The Morgan fingerprint density at radius 2 is 2.09 bits per heavy atom. The summed E-state index contributed by atoms with van der Waals surface area (Å²) in [5.41, 5.74) is 0.0691. The average molecular weight is 310 g/mol. The first kappa shape index (κ1) is 15.2. The molecule has 22 heavy (non-hydrogen) atoms. The zero-order valence-corrected chi connectivity index (χ0v) is 12.3. The molecule has 1 aromatic carbocycles. The lowest BCUT2D eigenvalue weighted by Crippen LogP contribution is -2.47. The normalized spacial score (nSPS) is 27.6. The molecule has 1 aromatic rings. The third-order valence-corrected chi connectivity index (χ3v) is 4.53. The number of amides is 2. The molecule has 3 atom stereocenters. The highest BCUT2D eigenvalue weighted by Crippen LogP contribution is 2.43. The number of piperidine rings is 1. The lowest BCUT2D eigenvalue weighted by molar-refractivity contribution is 0.129. The minimum Gasteiger partial charge on any atom is -0.396 e. The van der Waals surface area contributed by atoms with Gasteiger partial charge < -0.3 is 15.3 Å². The summed E-state index contributed by atoms with van der Waals surface area (Å²) in [4.78, 5) is 13.9. The van der Waals surface area contributed by atoms with Gasteiger partial charge in [0.05, 0.1) is 0 Å². The number of carbonyl (C=O) groups is 1. The topological polar surface area (TPSA) is 52.6 Å². The fourth-order valence-corrected chi connectivity index (χ4v) is 3.19. The van der Waals surface area contributed by atoms with Crippen molar-refractivity contribution >= 4 is 6.03 Å². The van der Waals surface area contributed by atoms with E-state index in [0.29, 0.717) is 19.5 Å². The van der Waals surface area contributed by atoms with Gasteiger partial charge in [-0.3, -0.25) is 0 Å². The smallest absolute Gasteiger partial charge is 0.317 e. The number of aliphatic hydroxyl groups is 1. The van der Waals surface area contributed by atoms with Crippen LogP contribution in [0.5, 0.6) is 0 Å². The predicted octanol–water partition coefficient (Wildman–Crippen LogP) is 2.23. The molecule has 1 aliphatic carbocycles. The van der Waals surface area contributed by atoms with E-state index >= 15 is 0 Å². The summed E-state index contributed by atoms with van der Waals surface area (Å²) in [6, 6.07) is 3.40. The van der Waals surface area contributed by atoms with Crippen LogP contribution in [-0.2, 0) is 0 Å². The van der Waals surface area contributed by atoms with E-state index in [0.717, 1.165) is 12.8 Å². The molecule has 0 radical (unpaired) electrons. The zero-order chi connectivity index (χ0) is 15.7. The first-order valence-electron chi connectivity index (χ1n) is 7.70. The van der Waals surface area contributed by atoms with Gasteiger partial charge in [-0.15, -0.1) is 0 Å². The molecule has 2 aliphatic rings. The van der Waals surface area contributed by atoms with Crippen molar-refractivity contribution in [2.75, 3.05) is 19.7 Å². The third kappa shape index (κ3) is 3.06. The van der Waals surface area contributed by atoms with Crippen molar-refractivity contribution in [1.82, 2.24) is 10.2 Å². The van der Waals surface area contributed by atoms with E-state index in [-0.39, 0.29) is 36.1 Å². The molecule has 2 N–H and O–H groups in total. The molecule has 2 fully saturated rings. The summed E-state index contributed by atoms with van der Waals surface area (Å²) < 4.78 is 27.4. The maximum Gasteiger partial charge on any atom is 0.317 e. The second-order valence-corrected chi connectivity index (χ2v) is 6.17. The van der Waals surface area contributed by atoms with E-state index in [1.54, 1.807) is 4.90 Å². The quantitative estimate of drug-likeness (QED) is 0.899. The summed E-state index contributed by atoms with van der Waals surface area (Å²) in [5, 5.41) is 12.0. The molecule has 2 amide bonds. The number of halogens is 2. The Labute approximate surface area is 128 Å². The Kier molecular flexibility index (Phi) is 4.29. The molecular weight excluding hydrogens is 290 g/mol. The second kappa shape index (κ2) is 6.20. The van der Waals surface area contributed by atoms with Crippen LogP contribution in [0.2, 0.25) is 0 Å². The van der Waals surface area contributed by atoms with E-state index < -0.39 is 11.6 Å². The van der Waals surface area contributed by atoms with Crippen LogP contribution in [-0.4, -0.2) is 41.8 Å². The SMILES string of the molecule is O=C(NC1CC1c1c(F)cccc1F)N1CCCC(CO)C1. The van der Waals surface area contributed by atoms with Crippen molar-refractivity contribution < 1.29 is 18.7 Å². The summed E-state index contributed by atoms with van der Waals surface area (Å²) in [7, 11) is 0. The van der Waals surface area contributed by atoms with Crippen molar-refractivity contribution in [3.8, 4) is 0 Å². The fourth-order valence-electron chi connectivity index (χ4n) is 3.19. The molecule has 4 nitrogen and oxygen atoms in total. The molecular formula is C16H20F2N2O2. The predicted molar refractivity (Wildman–Crippen MR) is 77.4 cm³/mol. The van der Waals surface area contributed by atoms with Gasteiger partial charge in [0.25, 0.3) is 0 Å². The van der Waals surface area contributed by atoms with E-state index in [9.17, 15) is 18.7 Å². The van der Waals surface area contributed by atoms with Gasteiger partial charge in [-0.1, -0.05) is 6.07 Å². The number of benzene rings is 1. The molecule has 0 spiro atoms. The van der Waals surface area contributed by atoms with Gasteiger partial charge in [-0.25, -0.2) is 13.6 Å². The summed E-state index contributed by atoms with van der Waals surface area (Å²) in [6.07, 6.45) is 2.35. The Balaban J connectivity index is 1.58. The van der Waals surface area contributed by atoms with Crippen molar-refractivity contribution in [1.29, 1.82) is 0 Å². The minimum absolute atomic E-state index is 0.0691. The molecule has 3 rings (SSSR count). The lowest BCUT2D eigenvalue weighted by Gasteiger charge is -2.31. The van der Waals surface area contributed by atoms with Gasteiger partial charge in [0.1, 0.15) is 11.6 Å². The van der Waals surface area contributed by atoms with Crippen molar-refractivity contribution in [3.05, 3.63) is 35.4 Å². The van der Waals surface area contributed by atoms with Crippen LogP contribution in [0.4, 0.5) is 13.6 Å². The van der Waals surface area contributed by atoms with E-state index in [1.807, 2.05) is 0 Å². The Hall–Kier alpha value is -1.69.